The maximum Gasteiger partial charge on any atom is 0.220 e. The molecule has 1 rings (SSSR count). The van der Waals surface area contributed by atoms with Crippen LogP contribution < -0.4 is 5.32 Å². The van der Waals surface area contributed by atoms with E-state index >= 15 is 0 Å². The van der Waals surface area contributed by atoms with Gasteiger partial charge in [-0.1, -0.05) is 37.3 Å². The molecule has 1 aromatic carbocycles. The summed E-state index contributed by atoms with van der Waals surface area (Å²) in [4.78, 5) is 11.5. The molecule has 0 spiro atoms. The van der Waals surface area contributed by atoms with Gasteiger partial charge in [-0.05, 0) is 24.3 Å². The lowest BCUT2D eigenvalue weighted by Crippen LogP contribution is -2.29. The largest absolute Gasteiger partial charge is 0.396 e. The van der Waals surface area contributed by atoms with E-state index in [1.807, 2.05) is 25.1 Å². The molecule has 1 unspecified atom stereocenters. The van der Waals surface area contributed by atoms with Gasteiger partial charge in [0.05, 0.1) is 0 Å². The third-order valence-corrected chi connectivity index (χ3v) is 2.67. The molecule has 0 radical (unpaired) electrons. The molecule has 0 aliphatic carbocycles. The first kappa shape index (κ1) is 13.7. The van der Waals surface area contributed by atoms with Gasteiger partial charge in [0.25, 0.3) is 0 Å². The van der Waals surface area contributed by atoms with E-state index in [1.54, 1.807) is 0 Å². The average Bonchev–Trinajstić information content (AvgIpc) is 2.37. The number of carbonyl (C=O) groups is 1. The van der Waals surface area contributed by atoms with Gasteiger partial charge < -0.3 is 10.4 Å². The average molecular weight is 235 g/mol. The fraction of sp³-hybridized carbons (Fsp3) is 0.500. The van der Waals surface area contributed by atoms with Gasteiger partial charge >= 0.3 is 0 Å². The quantitative estimate of drug-likeness (QED) is 0.756. The maximum absolute atomic E-state index is 11.5. The molecule has 0 heterocycles. The lowest BCUT2D eigenvalue weighted by atomic mass is 10.1. The van der Waals surface area contributed by atoms with Crippen molar-refractivity contribution in [3.8, 4) is 0 Å². The normalized spacial score (nSPS) is 12.1. The van der Waals surface area contributed by atoms with E-state index in [-0.39, 0.29) is 18.4 Å². The molecular weight excluding hydrogens is 214 g/mol. The standard InChI is InChI=1S/C14H21NO2/c1-12(11-16)10-15-14(17)9-5-8-13-6-3-2-4-7-13/h2-4,6-7,12,16H,5,8-11H2,1H3,(H,15,17). The first-order valence-corrected chi connectivity index (χ1v) is 6.14. The van der Waals surface area contributed by atoms with Crippen LogP contribution >= 0.6 is 0 Å². The van der Waals surface area contributed by atoms with E-state index in [1.165, 1.54) is 5.56 Å². The number of aliphatic hydroxyl groups excluding tert-OH is 1. The van der Waals surface area contributed by atoms with Gasteiger partial charge in [0.1, 0.15) is 0 Å². The summed E-state index contributed by atoms with van der Waals surface area (Å²) < 4.78 is 0. The summed E-state index contributed by atoms with van der Waals surface area (Å²) in [5.41, 5.74) is 1.27. The molecule has 94 valence electrons. The van der Waals surface area contributed by atoms with Crippen LogP contribution in [0, 0.1) is 5.92 Å². The number of hydrogen-bond acceptors (Lipinski definition) is 2. The zero-order chi connectivity index (χ0) is 12.5. The van der Waals surface area contributed by atoms with Crippen molar-refractivity contribution in [3.63, 3.8) is 0 Å². The van der Waals surface area contributed by atoms with Crippen LogP contribution in [0.4, 0.5) is 0 Å². The minimum absolute atomic E-state index is 0.0706. The highest BCUT2D eigenvalue weighted by Gasteiger charge is 2.04. The van der Waals surface area contributed by atoms with Crippen LogP contribution in [-0.4, -0.2) is 24.2 Å². The predicted octanol–water partition coefficient (Wildman–Crippen LogP) is 1.75. The van der Waals surface area contributed by atoms with Gasteiger partial charge in [0, 0.05) is 19.6 Å². The van der Waals surface area contributed by atoms with Gasteiger partial charge in [0.15, 0.2) is 0 Å². The SMILES string of the molecule is CC(CO)CNC(=O)CCCc1ccccc1. The molecule has 0 saturated carbocycles. The number of amides is 1. The van der Waals surface area contributed by atoms with Crippen molar-refractivity contribution in [1.29, 1.82) is 0 Å². The molecule has 0 aliphatic rings. The highest BCUT2D eigenvalue weighted by molar-refractivity contribution is 5.75. The Balaban J connectivity index is 2.12. The Morgan fingerprint density at radius 1 is 1.35 bits per heavy atom. The highest BCUT2D eigenvalue weighted by atomic mass is 16.3. The van der Waals surface area contributed by atoms with Gasteiger partial charge in [-0.25, -0.2) is 0 Å². The summed E-state index contributed by atoms with van der Waals surface area (Å²) in [6.07, 6.45) is 2.35. The highest BCUT2D eigenvalue weighted by Crippen LogP contribution is 2.04. The van der Waals surface area contributed by atoms with E-state index in [0.29, 0.717) is 13.0 Å². The Kier molecular flexibility index (Phi) is 6.33. The number of hydrogen-bond donors (Lipinski definition) is 2. The summed E-state index contributed by atoms with van der Waals surface area (Å²) in [6.45, 7) is 2.58. The molecule has 1 amide bonds. The lowest BCUT2D eigenvalue weighted by Gasteiger charge is -2.09. The molecular formula is C14H21NO2. The Morgan fingerprint density at radius 3 is 2.71 bits per heavy atom. The summed E-state index contributed by atoms with van der Waals surface area (Å²) in [5.74, 6) is 0.203. The number of carbonyl (C=O) groups excluding carboxylic acids is 1. The minimum atomic E-state index is 0.0706. The molecule has 0 fully saturated rings. The van der Waals surface area contributed by atoms with Crippen molar-refractivity contribution >= 4 is 5.91 Å². The van der Waals surface area contributed by atoms with Gasteiger partial charge in [0.2, 0.25) is 5.91 Å². The van der Waals surface area contributed by atoms with Crippen LogP contribution in [0.5, 0.6) is 0 Å². The zero-order valence-corrected chi connectivity index (χ0v) is 10.4. The van der Waals surface area contributed by atoms with Crippen molar-refractivity contribution in [1.82, 2.24) is 5.32 Å². The molecule has 17 heavy (non-hydrogen) atoms. The van der Waals surface area contributed by atoms with E-state index in [4.69, 9.17) is 5.11 Å². The van der Waals surface area contributed by atoms with Gasteiger partial charge in [-0.2, -0.15) is 0 Å². The molecule has 1 aromatic rings. The Hall–Kier alpha value is -1.35. The first-order chi connectivity index (χ1) is 8.22. The van der Waals surface area contributed by atoms with Crippen molar-refractivity contribution in [2.45, 2.75) is 26.2 Å². The Labute approximate surface area is 103 Å². The Bertz CT molecular complexity index is 324. The smallest absolute Gasteiger partial charge is 0.220 e. The molecule has 3 nitrogen and oxygen atoms in total. The van der Waals surface area contributed by atoms with Crippen molar-refractivity contribution in [2.24, 2.45) is 5.92 Å². The van der Waals surface area contributed by atoms with Crippen LogP contribution in [0.25, 0.3) is 0 Å². The number of aryl methyl sites for hydroxylation is 1. The second kappa shape index (κ2) is 7.85. The molecule has 1 atom stereocenters. The minimum Gasteiger partial charge on any atom is -0.396 e. The van der Waals surface area contributed by atoms with Crippen LogP contribution in [0.3, 0.4) is 0 Å². The monoisotopic (exact) mass is 235 g/mol. The topological polar surface area (TPSA) is 49.3 Å². The molecule has 2 N–H and O–H groups in total. The molecule has 0 bridgehead atoms. The van der Waals surface area contributed by atoms with Crippen LogP contribution in [0.15, 0.2) is 30.3 Å². The molecule has 0 saturated heterocycles. The third kappa shape index (κ3) is 6.07. The second-order valence-electron chi connectivity index (χ2n) is 4.43. The van der Waals surface area contributed by atoms with Crippen molar-refractivity contribution < 1.29 is 9.90 Å². The first-order valence-electron chi connectivity index (χ1n) is 6.14. The summed E-state index contributed by atoms with van der Waals surface area (Å²) in [7, 11) is 0. The second-order valence-corrected chi connectivity index (χ2v) is 4.43. The molecule has 0 aliphatic heterocycles. The van der Waals surface area contributed by atoms with Crippen molar-refractivity contribution in [3.05, 3.63) is 35.9 Å². The van der Waals surface area contributed by atoms with E-state index in [2.05, 4.69) is 17.4 Å². The fourth-order valence-corrected chi connectivity index (χ4v) is 1.54. The van der Waals surface area contributed by atoms with Gasteiger partial charge in [-0.3, -0.25) is 4.79 Å². The summed E-state index contributed by atoms with van der Waals surface area (Å²) in [5, 5.41) is 11.6. The number of nitrogens with one attached hydrogen (secondary N) is 1. The maximum atomic E-state index is 11.5. The number of rotatable bonds is 7. The van der Waals surface area contributed by atoms with E-state index in [0.717, 1.165) is 12.8 Å². The van der Waals surface area contributed by atoms with Gasteiger partial charge in [-0.15, -0.1) is 0 Å². The van der Waals surface area contributed by atoms with Crippen molar-refractivity contribution in [2.75, 3.05) is 13.2 Å². The van der Waals surface area contributed by atoms with E-state index in [9.17, 15) is 4.79 Å². The summed E-state index contributed by atoms with van der Waals surface area (Å²) >= 11 is 0. The van der Waals surface area contributed by atoms with Crippen LogP contribution in [0.2, 0.25) is 0 Å². The third-order valence-electron chi connectivity index (χ3n) is 2.67. The number of benzene rings is 1. The molecule has 3 heteroatoms. The fourth-order valence-electron chi connectivity index (χ4n) is 1.54. The Morgan fingerprint density at radius 2 is 2.06 bits per heavy atom. The number of aliphatic hydroxyl groups is 1. The van der Waals surface area contributed by atoms with Crippen LogP contribution in [-0.2, 0) is 11.2 Å². The molecule has 0 aromatic heterocycles. The van der Waals surface area contributed by atoms with E-state index < -0.39 is 0 Å². The lowest BCUT2D eigenvalue weighted by molar-refractivity contribution is -0.121. The summed E-state index contributed by atoms with van der Waals surface area (Å²) in [6, 6.07) is 10.2. The van der Waals surface area contributed by atoms with Crippen LogP contribution in [0.1, 0.15) is 25.3 Å². The zero-order valence-electron chi connectivity index (χ0n) is 10.4. The predicted molar refractivity (Wildman–Crippen MR) is 68.6 cm³/mol.